The smallest absolute Gasteiger partial charge is 0.0865 e. The number of aromatic nitrogens is 3. The number of nitrogens with one attached hydrogen (secondary N) is 1. The molecule has 0 unspecified atom stereocenters. The van der Waals surface area contributed by atoms with Crippen LogP contribution in [0.1, 0.15) is 5.56 Å². The molecule has 2 aromatic heterocycles. The van der Waals surface area contributed by atoms with E-state index in [1.807, 2.05) is 19.3 Å². The second-order valence-corrected chi connectivity index (χ2v) is 2.67. The second kappa shape index (κ2) is 2.91. The minimum Gasteiger partial charge on any atom is -0.316 e. The standard InChI is InChI=1S/C8H10N4/c1-9-4-7-2-3-8-5-10-11-12(8)6-7/h2-3,5-6,9H,4H2,1H3. The molecule has 2 rings (SSSR count). The minimum atomic E-state index is 0.857. The van der Waals surface area contributed by atoms with Crippen LogP contribution in [0.3, 0.4) is 0 Å². The Morgan fingerprint density at radius 1 is 1.50 bits per heavy atom. The van der Waals surface area contributed by atoms with Crippen molar-refractivity contribution in [3.8, 4) is 0 Å². The van der Waals surface area contributed by atoms with Gasteiger partial charge in [0, 0.05) is 12.7 Å². The first-order valence-corrected chi connectivity index (χ1v) is 3.84. The molecule has 4 heteroatoms. The van der Waals surface area contributed by atoms with Crippen LogP contribution in [0.4, 0.5) is 0 Å². The summed E-state index contributed by atoms with van der Waals surface area (Å²) >= 11 is 0. The van der Waals surface area contributed by atoms with Crippen LogP contribution in [-0.2, 0) is 6.54 Å². The number of nitrogens with zero attached hydrogens (tertiary/aromatic N) is 3. The Morgan fingerprint density at radius 2 is 2.42 bits per heavy atom. The van der Waals surface area contributed by atoms with Crippen molar-refractivity contribution in [2.75, 3.05) is 7.05 Å². The van der Waals surface area contributed by atoms with Crippen LogP contribution in [0.25, 0.3) is 5.52 Å². The molecular weight excluding hydrogens is 152 g/mol. The van der Waals surface area contributed by atoms with E-state index in [-0.39, 0.29) is 0 Å². The van der Waals surface area contributed by atoms with Crippen molar-refractivity contribution in [3.63, 3.8) is 0 Å². The van der Waals surface area contributed by atoms with Crippen LogP contribution in [0.15, 0.2) is 24.5 Å². The zero-order chi connectivity index (χ0) is 8.39. The van der Waals surface area contributed by atoms with E-state index in [1.165, 1.54) is 5.56 Å². The highest BCUT2D eigenvalue weighted by Crippen LogP contribution is 2.03. The van der Waals surface area contributed by atoms with Gasteiger partial charge in [0.05, 0.1) is 11.7 Å². The molecule has 62 valence electrons. The van der Waals surface area contributed by atoms with Gasteiger partial charge in [0.15, 0.2) is 0 Å². The topological polar surface area (TPSA) is 42.2 Å². The van der Waals surface area contributed by atoms with E-state index in [9.17, 15) is 0 Å². The van der Waals surface area contributed by atoms with Gasteiger partial charge in [-0.3, -0.25) is 0 Å². The van der Waals surface area contributed by atoms with Gasteiger partial charge >= 0.3 is 0 Å². The van der Waals surface area contributed by atoms with Gasteiger partial charge in [0.1, 0.15) is 0 Å². The van der Waals surface area contributed by atoms with Crippen molar-refractivity contribution >= 4 is 5.52 Å². The zero-order valence-electron chi connectivity index (χ0n) is 6.86. The average molecular weight is 162 g/mol. The van der Waals surface area contributed by atoms with Gasteiger partial charge in [0.25, 0.3) is 0 Å². The Bertz CT molecular complexity index is 379. The molecule has 0 radical (unpaired) electrons. The molecule has 4 nitrogen and oxygen atoms in total. The lowest BCUT2D eigenvalue weighted by molar-refractivity contribution is 0.790. The second-order valence-electron chi connectivity index (χ2n) is 2.67. The molecule has 0 saturated heterocycles. The maximum atomic E-state index is 3.90. The van der Waals surface area contributed by atoms with Gasteiger partial charge in [-0.25, -0.2) is 4.52 Å². The van der Waals surface area contributed by atoms with Crippen LogP contribution in [0.2, 0.25) is 0 Å². The highest BCUT2D eigenvalue weighted by Gasteiger charge is 1.95. The molecule has 12 heavy (non-hydrogen) atoms. The molecule has 0 spiro atoms. The fourth-order valence-corrected chi connectivity index (χ4v) is 1.17. The van der Waals surface area contributed by atoms with Crippen molar-refractivity contribution in [2.45, 2.75) is 6.54 Å². The number of fused-ring (bicyclic) bond motifs is 1. The van der Waals surface area contributed by atoms with E-state index in [0.29, 0.717) is 0 Å². The van der Waals surface area contributed by atoms with E-state index in [2.05, 4.69) is 21.7 Å². The maximum absolute atomic E-state index is 3.90. The fourth-order valence-electron chi connectivity index (χ4n) is 1.17. The van der Waals surface area contributed by atoms with E-state index in [4.69, 9.17) is 0 Å². The molecular formula is C8H10N4. The third-order valence-electron chi connectivity index (χ3n) is 1.74. The fraction of sp³-hybridized carbons (Fsp3) is 0.250. The lowest BCUT2D eigenvalue weighted by Crippen LogP contribution is -2.05. The molecule has 2 heterocycles. The highest BCUT2D eigenvalue weighted by molar-refractivity contribution is 5.43. The summed E-state index contributed by atoms with van der Waals surface area (Å²) in [6.45, 7) is 0.857. The lowest BCUT2D eigenvalue weighted by atomic mass is 10.3. The Morgan fingerprint density at radius 3 is 3.25 bits per heavy atom. The first-order valence-electron chi connectivity index (χ1n) is 3.84. The lowest BCUT2D eigenvalue weighted by Gasteiger charge is -1.99. The summed E-state index contributed by atoms with van der Waals surface area (Å²) in [6.07, 6.45) is 3.71. The molecule has 0 aromatic carbocycles. The third-order valence-corrected chi connectivity index (χ3v) is 1.74. The Labute approximate surface area is 70.2 Å². The van der Waals surface area contributed by atoms with Gasteiger partial charge in [-0.1, -0.05) is 11.3 Å². The molecule has 0 amide bonds. The summed E-state index contributed by atoms with van der Waals surface area (Å²) in [5, 5.41) is 10.8. The van der Waals surface area contributed by atoms with E-state index >= 15 is 0 Å². The highest BCUT2D eigenvalue weighted by atomic mass is 15.4. The first-order chi connectivity index (χ1) is 5.90. The summed E-state index contributed by atoms with van der Waals surface area (Å²) in [6, 6.07) is 4.07. The molecule has 0 saturated carbocycles. The Balaban J connectivity index is 2.46. The van der Waals surface area contributed by atoms with Crippen LogP contribution in [0.5, 0.6) is 0 Å². The average Bonchev–Trinajstić information content (AvgIpc) is 2.51. The molecule has 0 aliphatic rings. The maximum Gasteiger partial charge on any atom is 0.0865 e. The normalized spacial score (nSPS) is 10.8. The monoisotopic (exact) mass is 162 g/mol. The molecule has 0 aliphatic heterocycles. The van der Waals surface area contributed by atoms with Crippen molar-refractivity contribution in [2.24, 2.45) is 0 Å². The van der Waals surface area contributed by atoms with Gasteiger partial charge in [0.2, 0.25) is 0 Å². The molecule has 0 atom stereocenters. The summed E-state index contributed by atoms with van der Waals surface area (Å²) < 4.78 is 1.77. The predicted octanol–water partition coefficient (Wildman–Crippen LogP) is 0.449. The van der Waals surface area contributed by atoms with Crippen molar-refractivity contribution in [3.05, 3.63) is 30.1 Å². The molecule has 1 N–H and O–H groups in total. The van der Waals surface area contributed by atoms with Gasteiger partial charge in [-0.05, 0) is 18.7 Å². The number of hydrogen-bond acceptors (Lipinski definition) is 3. The van der Waals surface area contributed by atoms with Crippen LogP contribution < -0.4 is 5.32 Å². The third kappa shape index (κ3) is 1.16. The molecule has 0 fully saturated rings. The van der Waals surface area contributed by atoms with Crippen molar-refractivity contribution in [1.29, 1.82) is 0 Å². The SMILES string of the molecule is CNCc1ccc2cnnn2c1. The summed E-state index contributed by atoms with van der Waals surface area (Å²) in [5.41, 5.74) is 2.23. The van der Waals surface area contributed by atoms with Gasteiger partial charge in [-0.15, -0.1) is 5.10 Å². The van der Waals surface area contributed by atoms with Crippen LogP contribution >= 0.6 is 0 Å². The quantitative estimate of drug-likeness (QED) is 0.697. The summed E-state index contributed by atoms with van der Waals surface area (Å²) in [7, 11) is 1.92. The number of rotatable bonds is 2. The van der Waals surface area contributed by atoms with Crippen LogP contribution in [0, 0.1) is 0 Å². The molecule has 2 aromatic rings. The van der Waals surface area contributed by atoms with E-state index < -0.39 is 0 Å². The first kappa shape index (κ1) is 7.24. The van der Waals surface area contributed by atoms with Crippen LogP contribution in [-0.4, -0.2) is 21.9 Å². The Kier molecular flexibility index (Phi) is 1.75. The summed E-state index contributed by atoms with van der Waals surface area (Å²) in [5.74, 6) is 0. The van der Waals surface area contributed by atoms with Gasteiger partial charge < -0.3 is 5.32 Å². The Hall–Kier alpha value is -1.42. The molecule has 0 bridgehead atoms. The van der Waals surface area contributed by atoms with Crippen molar-refractivity contribution in [1.82, 2.24) is 20.1 Å². The summed E-state index contributed by atoms with van der Waals surface area (Å²) in [4.78, 5) is 0. The predicted molar refractivity (Wildman–Crippen MR) is 45.8 cm³/mol. The van der Waals surface area contributed by atoms with Gasteiger partial charge in [-0.2, -0.15) is 0 Å². The van der Waals surface area contributed by atoms with Crippen molar-refractivity contribution < 1.29 is 0 Å². The minimum absolute atomic E-state index is 0.857. The largest absolute Gasteiger partial charge is 0.316 e. The van der Waals surface area contributed by atoms with E-state index in [1.54, 1.807) is 10.7 Å². The van der Waals surface area contributed by atoms with E-state index in [0.717, 1.165) is 12.1 Å². The number of hydrogen-bond donors (Lipinski definition) is 1. The number of pyridine rings is 1. The molecule has 0 aliphatic carbocycles. The zero-order valence-corrected chi connectivity index (χ0v) is 6.86.